The van der Waals surface area contributed by atoms with Crippen LogP contribution in [0.1, 0.15) is 34.6 Å². The highest BCUT2D eigenvalue weighted by Crippen LogP contribution is 2.16. The topological polar surface area (TPSA) is 101 Å². The van der Waals surface area contributed by atoms with Gasteiger partial charge in [-0.3, -0.25) is 4.79 Å². The predicted octanol–water partition coefficient (Wildman–Crippen LogP) is 1.94. The molecule has 0 aliphatic heterocycles. The van der Waals surface area contributed by atoms with E-state index in [1.54, 1.807) is 19.1 Å². The van der Waals surface area contributed by atoms with Crippen LogP contribution in [-0.4, -0.2) is 32.6 Å². The molecule has 0 atom stereocenters. The zero-order valence-corrected chi connectivity index (χ0v) is 16.4. The zero-order chi connectivity index (χ0) is 19.3. The highest BCUT2D eigenvalue weighted by molar-refractivity contribution is 7.89. The Hall–Kier alpha value is -2.19. The molecule has 1 amide bonds. The Labute approximate surface area is 154 Å². The van der Waals surface area contributed by atoms with Gasteiger partial charge in [0, 0.05) is 25.1 Å². The van der Waals surface area contributed by atoms with Crippen LogP contribution in [0.4, 0.5) is 0 Å². The minimum absolute atomic E-state index is 0.132. The third kappa shape index (κ3) is 5.15. The van der Waals surface area contributed by atoms with Gasteiger partial charge in [-0.15, -0.1) is 0 Å². The number of aromatic nitrogens is 1. The van der Waals surface area contributed by atoms with E-state index in [4.69, 9.17) is 4.52 Å². The number of rotatable bonds is 8. The summed E-state index contributed by atoms with van der Waals surface area (Å²) in [5, 5.41) is 6.57. The second-order valence-corrected chi connectivity index (χ2v) is 8.05. The predicted molar refractivity (Wildman–Crippen MR) is 98.4 cm³/mol. The first-order valence-corrected chi connectivity index (χ1v) is 9.94. The number of benzene rings is 1. The molecule has 2 rings (SSSR count). The molecule has 1 aromatic heterocycles. The standard InChI is InChI=1S/C18H25N3O4S/c1-12-5-6-13(2)17(11-12)26(23,24)20-10-9-19-18(22)8-7-16-14(3)21-25-15(16)4/h5-6,11,20H,7-10H2,1-4H3,(H,19,22). The molecule has 1 aromatic carbocycles. The van der Waals surface area contributed by atoms with E-state index in [1.165, 1.54) is 0 Å². The number of hydrogen-bond donors (Lipinski definition) is 2. The number of carbonyl (C=O) groups excluding carboxylic acids is 1. The van der Waals surface area contributed by atoms with Crippen LogP contribution < -0.4 is 10.0 Å². The van der Waals surface area contributed by atoms with E-state index in [0.717, 1.165) is 22.6 Å². The lowest BCUT2D eigenvalue weighted by Crippen LogP contribution is -2.35. The first-order valence-electron chi connectivity index (χ1n) is 8.46. The van der Waals surface area contributed by atoms with Crippen molar-refractivity contribution in [2.24, 2.45) is 0 Å². The molecule has 26 heavy (non-hydrogen) atoms. The first kappa shape index (κ1) is 20.1. The van der Waals surface area contributed by atoms with E-state index in [0.29, 0.717) is 18.4 Å². The van der Waals surface area contributed by atoms with Gasteiger partial charge in [0.2, 0.25) is 15.9 Å². The molecule has 2 N–H and O–H groups in total. The Morgan fingerprint density at radius 2 is 1.88 bits per heavy atom. The molecule has 0 aliphatic rings. The maximum absolute atomic E-state index is 12.4. The van der Waals surface area contributed by atoms with Crippen LogP contribution in [-0.2, 0) is 21.2 Å². The van der Waals surface area contributed by atoms with E-state index >= 15 is 0 Å². The molecular formula is C18H25N3O4S. The van der Waals surface area contributed by atoms with Crippen molar-refractivity contribution in [3.63, 3.8) is 0 Å². The lowest BCUT2D eigenvalue weighted by Gasteiger charge is -2.11. The summed E-state index contributed by atoms with van der Waals surface area (Å²) in [4.78, 5) is 12.2. The molecule has 0 aliphatic carbocycles. The third-order valence-electron chi connectivity index (χ3n) is 4.16. The summed E-state index contributed by atoms with van der Waals surface area (Å²) in [6.07, 6.45) is 0.841. The molecule has 0 spiro atoms. The van der Waals surface area contributed by atoms with Crippen molar-refractivity contribution >= 4 is 15.9 Å². The van der Waals surface area contributed by atoms with Crippen molar-refractivity contribution < 1.29 is 17.7 Å². The molecule has 142 valence electrons. The van der Waals surface area contributed by atoms with Gasteiger partial charge in [0.05, 0.1) is 10.6 Å². The van der Waals surface area contributed by atoms with Gasteiger partial charge in [-0.1, -0.05) is 17.3 Å². The highest BCUT2D eigenvalue weighted by Gasteiger charge is 2.16. The third-order valence-corrected chi connectivity index (χ3v) is 5.76. The fourth-order valence-corrected chi connectivity index (χ4v) is 4.01. The van der Waals surface area contributed by atoms with Crippen molar-refractivity contribution in [2.45, 2.75) is 45.4 Å². The molecule has 0 radical (unpaired) electrons. The Balaban J connectivity index is 1.79. The van der Waals surface area contributed by atoms with Crippen LogP contribution in [0.15, 0.2) is 27.6 Å². The van der Waals surface area contributed by atoms with Gasteiger partial charge in [-0.2, -0.15) is 0 Å². The number of aryl methyl sites for hydroxylation is 4. The number of nitrogens with one attached hydrogen (secondary N) is 2. The second kappa shape index (κ2) is 8.46. The van der Waals surface area contributed by atoms with Crippen LogP contribution >= 0.6 is 0 Å². The summed E-state index contributed by atoms with van der Waals surface area (Å²) in [5.41, 5.74) is 3.29. The average Bonchev–Trinajstić information content (AvgIpc) is 2.90. The maximum Gasteiger partial charge on any atom is 0.240 e. The molecule has 0 saturated heterocycles. The number of hydrogen-bond acceptors (Lipinski definition) is 5. The molecule has 0 bridgehead atoms. The number of nitrogens with zero attached hydrogens (tertiary/aromatic N) is 1. The summed E-state index contributed by atoms with van der Waals surface area (Å²) >= 11 is 0. The van der Waals surface area contributed by atoms with Crippen molar-refractivity contribution in [1.82, 2.24) is 15.2 Å². The molecule has 0 saturated carbocycles. The van der Waals surface area contributed by atoms with Crippen LogP contribution in [0.2, 0.25) is 0 Å². The highest BCUT2D eigenvalue weighted by atomic mass is 32.2. The molecule has 7 nitrogen and oxygen atoms in total. The Morgan fingerprint density at radius 1 is 1.15 bits per heavy atom. The van der Waals surface area contributed by atoms with Crippen LogP contribution in [0.3, 0.4) is 0 Å². The lowest BCUT2D eigenvalue weighted by atomic mass is 10.1. The van der Waals surface area contributed by atoms with E-state index < -0.39 is 10.0 Å². The SMILES string of the molecule is Cc1ccc(C)c(S(=O)(=O)NCCNC(=O)CCc2c(C)noc2C)c1. The van der Waals surface area contributed by atoms with Gasteiger partial charge < -0.3 is 9.84 Å². The normalized spacial score (nSPS) is 11.5. The Morgan fingerprint density at radius 3 is 2.54 bits per heavy atom. The van der Waals surface area contributed by atoms with Crippen LogP contribution in [0.25, 0.3) is 0 Å². The molecule has 0 unspecified atom stereocenters. The van der Waals surface area contributed by atoms with Crippen LogP contribution in [0, 0.1) is 27.7 Å². The van der Waals surface area contributed by atoms with E-state index in [-0.39, 0.29) is 23.9 Å². The molecule has 0 fully saturated rings. The van der Waals surface area contributed by atoms with Gasteiger partial charge in [0.25, 0.3) is 0 Å². The summed E-state index contributed by atoms with van der Waals surface area (Å²) in [5.74, 6) is 0.576. The second-order valence-electron chi connectivity index (χ2n) is 6.32. The van der Waals surface area contributed by atoms with Gasteiger partial charge in [0.1, 0.15) is 5.76 Å². The molecular weight excluding hydrogens is 354 g/mol. The molecule has 2 aromatic rings. The summed E-state index contributed by atoms with van der Waals surface area (Å²) in [7, 11) is -3.59. The first-order chi connectivity index (χ1) is 12.2. The fourth-order valence-electron chi connectivity index (χ4n) is 2.65. The Kier molecular flexibility index (Phi) is 6.55. The van der Waals surface area contributed by atoms with Gasteiger partial charge in [0.15, 0.2) is 0 Å². The lowest BCUT2D eigenvalue weighted by molar-refractivity contribution is -0.121. The minimum atomic E-state index is -3.59. The van der Waals surface area contributed by atoms with Crippen molar-refractivity contribution in [3.05, 3.63) is 46.3 Å². The fraction of sp³-hybridized carbons (Fsp3) is 0.444. The zero-order valence-electron chi connectivity index (χ0n) is 15.5. The van der Waals surface area contributed by atoms with Gasteiger partial charge in [-0.25, -0.2) is 13.1 Å². The van der Waals surface area contributed by atoms with E-state index in [9.17, 15) is 13.2 Å². The van der Waals surface area contributed by atoms with Gasteiger partial charge >= 0.3 is 0 Å². The summed E-state index contributed by atoms with van der Waals surface area (Å²) in [6.45, 7) is 7.61. The number of sulfonamides is 1. The van der Waals surface area contributed by atoms with Crippen molar-refractivity contribution in [3.8, 4) is 0 Å². The number of carbonyl (C=O) groups is 1. The van der Waals surface area contributed by atoms with Crippen molar-refractivity contribution in [1.29, 1.82) is 0 Å². The monoisotopic (exact) mass is 379 g/mol. The quantitative estimate of drug-likeness (QED) is 0.683. The minimum Gasteiger partial charge on any atom is -0.361 e. The average molecular weight is 379 g/mol. The van der Waals surface area contributed by atoms with E-state index in [2.05, 4.69) is 15.2 Å². The maximum atomic E-state index is 12.4. The summed E-state index contributed by atoms with van der Waals surface area (Å²) < 4.78 is 32.3. The molecule has 8 heteroatoms. The van der Waals surface area contributed by atoms with Crippen molar-refractivity contribution in [2.75, 3.05) is 13.1 Å². The number of amides is 1. The van der Waals surface area contributed by atoms with E-state index in [1.807, 2.05) is 26.8 Å². The smallest absolute Gasteiger partial charge is 0.240 e. The van der Waals surface area contributed by atoms with Gasteiger partial charge in [-0.05, 0) is 51.3 Å². The molecule has 1 heterocycles. The Bertz CT molecular complexity index is 868. The largest absolute Gasteiger partial charge is 0.361 e. The summed E-state index contributed by atoms with van der Waals surface area (Å²) in [6, 6.07) is 5.29. The van der Waals surface area contributed by atoms with Crippen LogP contribution in [0.5, 0.6) is 0 Å².